The minimum atomic E-state index is 0.808. The van der Waals surface area contributed by atoms with Gasteiger partial charge in [-0.25, -0.2) is 5.43 Å². The molecule has 0 saturated heterocycles. The Balaban J connectivity index is 2.72. The van der Waals surface area contributed by atoms with E-state index in [1.807, 2.05) is 13.0 Å². The molecule has 0 amide bonds. The minimum Gasteiger partial charge on any atom is -0.249 e. The van der Waals surface area contributed by atoms with Gasteiger partial charge in [0, 0.05) is 0 Å². The maximum Gasteiger partial charge on any atom is 0.131 e. The Morgan fingerprint density at radius 2 is 2.67 bits per heavy atom. The molecule has 0 aromatic carbocycles. The van der Waals surface area contributed by atoms with Crippen LogP contribution in [-0.4, -0.2) is 4.37 Å². The molecule has 0 radical (unpaired) electrons. The fourth-order valence-corrected chi connectivity index (χ4v) is 1.08. The molecule has 9 heavy (non-hydrogen) atoms. The van der Waals surface area contributed by atoms with Crippen molar-refractivity contribution in [1.29, 1.82) is 5.53 Å². The maximum atomic E-state index is 6.44. The lowest BCUT2D eigenvalue weighted by Crippen LogP contribution is -1.78. The van der Waals surface area contributed by atoms with Crippen LogP contribution in [0, 0.1) is 12.5 Å². The first-order valence-corrected chi connectivity index (χ1v) is 3.16. The molecule has 0 spiro atoms. The normalized spacial score (nSPS) is 9.00. The lowest BCUT2D eigenvalue weighted by atomic mass is 10.5. The summed E-state index contributed by atoms with van der Waals surface area (Å²) < 4.78 is 3.97. The number of nitrogens with one attached hydrogen (secondary N) is 2. The first-order chi connectivity index (χ1) is 4.33. The summed E-state index contributed by atoms with van der Waals surface area (Å²) in [5.74, 6) is 0. The molecule has 0 fully saturated rings. The molecule has 2 N–H and O–H groups in total. The van der Waals surface area contributed by atoms with Crippen molar-refractivity contribution in [3.05, 3.63) is 11.8 Å². The van der Waals surface area contributed by atoms with Gasteiger partial charge in [-0.15, -0.1) is 0 Å². The molecule has 1 heterocycles. The van der Waals surface area contributed by atoms with Crippen LogP contribution in [0.4, 0.5) is 5.00 Å². The third kappa shape index (κ3) is 1.46. The van der Waals surface area contributed by atoms with Gasteiger partial charge in [-0.3, -0.25) is 0 Å². The third-order valence-electron chi connectivity index (χ3n) is 0.794. The molecule has 0 unspecified atom stereocenters. The second kappa shape index (κ2) is 2.54. The Hall–Kier alpha value is -0.970. The van der Waals surface area contributed by atoms with Crippen molar-refractivity contribution in [2.45, 2.75) is 6.92 Å². The predicted molar refractivity (Wildman–Crippen MR) is 35.6 cm³/mol. The van der Waals surface area contributed by atoms with Crippen LogP contribution in [0.2, 0.25) is 0 Å². The Kier molecular flexibility index (Phi) is 1.74. The Morgan fingerprint density at radius 1 is 1.89 bits per heavy atom. The van der Waals surface area contributed by atoms with E-state index in [4.69, 9.17) is 5.53 Å². The van der Waals surface area contributed by atoms with Gasteiger partial charge < -0.3 is 0 Å². The van der Waals surface area contributed by atoms with E-state index in [0.29, 0.717) is 0 Å². The molecule has 0 aliphatic carbocycles. The number of rotatable bonds is 2. The van der Waals surface area contributed by atoms with Gasteiger partial charge in [0.25, 0.3) is 0 Å². The van der Waals surface area contributed by atoms with Crippen molar-refractivity contribution in [3.8, 4) is 0 Å². The predicted octanol–water partition coefficient (Wildman–Crippen LogP) is 1.81. The highest BCUT2D eigenvalue weighted by atomic mass is 32.1. The van der Waals surface area contributed by atoms with Crippen LogP contribution in [-0.2, 0) is 0 Å². The van der Waals surface area contributed by atoms with E-state index in [0.717, 1.165) is 10.7 Å². The molecular weight excluding hydrogens is 136 g/mol. The van der Waals surface area contributed by atoms with Crippen LogP contribution in [0.25, 0.3) is 0 Å². The van der Waals surface area contributed by atoms with Crippen molar-refractivity contribution in [2.24, 2.45) is 5.22 Å². The minimum absolute atomic E-state index is 0.808. The summed E-state index contributed by atoms with van der Waals surface area (Å²) in [4.78, 5) is 0. The number of hydrogen-bond acceptors (Lipinski definition) is 4. The number of aromatic nitrogens is 1. The van der Waals surface area contributed by atoms with Crippen molar-refractivity contribution in [2.75, 3.05) is 5.43 Å². The van der Waals surface area contributed by atoms with E-state index in [2.05, 4.69) is 15.0 Å². The highest BCUT2D eigenvalue weighted by Gasteiger charge is 1.92. The SMILES string of the molecule is Cc1cc(NN=N)sn1. The van der Waals surface area contributed by atoms with Crippen molar-refractivity contribution < 1.29 is 0 Å². The molecule has 1 aromatic rings. The van der Waals surface area contributed by atoms with Gasteiger partial charge in [-0.1, -0.05) is 5.22 Å². The summed E-state index contributed by atoms with van der Waals surface area (Å²) in [5, 5.41) is 3.80. The van der Waals surface area contributed by atoms with Gasteiger partial charge >= 0.3 is 0 Å². The summed E-state index contributed by atoms with van der Waals surface area (Å²) in [7, 11) is 0. The van der Waals surface area contributed by atoms with Crippen LogP contribution in [0.5, 0.6) is 0 Å². The molecule has 1 rings (SSSR count). The number of hydrogen-bond donors (Lipinski definition) is 2. The quantitative estimate of drug-likeness (QED) is 0.488. The average Bonchev–Trinajstić information content (AvgIpc) is 2.17. The van der Waals surface area contributed by atoms with Gasteiger partial charge in [-0.05, 0) is 24.5 Å². The third-order valence-corrected chi connectivity index (χ3v) is 1.58. The number of aryl methyl sites for hydroxylation is 1. The van der Waals surface area contributed by atoms with Crippen molar-refractivity contribution in [3.63, 3.8) is 0 Å². The van der Waals surface area contributed by atoms with E-state index in [-0.39, 0.29) is 0 Å². The topological polar surface area (TPSA) is 61.1 Å². The fourth-order valence-electron chi connectivity index (χ4n) is 0.471. The molecule has 0 aliphatic rings. The summed E-state index contributed by atoms with van der Waals surface area (Å²) in [6, 6.07) is 1.84. The molecule has 0 atom stereocenters. The Labute approximate surface area is 56.6 Å². The largest absolute Gasteiger partial charge is 0.249 e. The average molecular weight is 142 g/mol. The number of nitrogens with zero attached hydrogens (tertiary/aromatic N) is 2. The molecule has 0 bridgehead atoms. The molecule has 48 valence electrons. The molecule has 4 nitrogen and oxygen atoms in total. The molecule has 0 aliphatic heterocycles. The summed E-state index contributed by atoms with van der Waals surface area (Å²) in [5.41, 5.74) is 9.87. The van der Waals surface area contributed by atoms with Gasteiger partial charge in [0.2, 0.25) is 0 Å². The maximum absolute atomic E-state index is 6.44. The van der Waals surface area contributed by atoms with Gasteiger partial charge in [0.15, 0.2) is 0 Å². The second-order valence-electron chi connectivity index (χ2n) is 1.56. The zero-order chi connectivity index (χ0) is 6.69. The standard InChI is InChI=1S/C4H6N4S/c1-3-2-4(6-8-5)9-7-3/h2H,1H3,(H2,5,6). The van der Waals surface area contributed by atoms with Crippen LogP contribution in [0.1, 0.15) is 5.69 Å². The van der Waals surface area contributed by atoms with Crippen molar-refractivity contribution >= 4 is 16.5 Å². The highest BCUT2D eigenvalue weighted by molar-refractivity contribution is 7.10. The van der Waals surface area contributed by atoms with E-state index in [1.165, 1.54) is 11.5 Å². The molecular formula is C4H6N4S. The van der Waals surface area contributed by atoms with E-state index < -0.39 is 0 Å². The van der Waals surface area contributed by atoms with E-state index in [1.54, 1.807) is 0 Å². The first-order valence-electron chi connectivity index (χ1n) is 2.38. The fraction of sp³-hybridized carbons (Fsp3) is 0.250. The van der Waals surface area contributed by atoms with Crippen molar-refractivity contribution in [1.82, 2.24) is 4.37 Å². The summed E-state index contributed by atoms with van der Waals surface area (Å²) >= 11 is 1.30. The zero-order valence-electron chi connectivity index (χ0n) is 4.88. The Bertz CT molecular complexity index is 206. The van der Waals surface area contributed by atoms with Crippen LogP contribution in [0.15, 0.2) is 11.3 Å². The second-order valence-corrected chi connectivity index (χ2v) is 2.36. The molecule has 0 saturated carbocycles. The monoisotopic (exact) mass is 142 g/mol. The van der Waals surface area contributed by atoms with Crippen LogP contribution in [0.3, 0.4) is 0 Å². The molecule has 5 heteroatoms. The highest BCUT2D eigenvalue weighted by Crippen LogP contribution is 2.14. The zero-order valence-corrected chi connectivity index (χ0v) is 5.70. The van der Waals surface area contributed by atoms with Crippen LogP contribution < -0.4 is 5.43 Å². The van der Waals surface area contributed by atoms with E-state index in [9.17, 15) is 0 Å². The first kappa shape index (κ1) is 6.15. The van der Waals surface area contributed by atoms with E-state index >= 15 is 0 Å². The lowest BCUT2D eigenvalue weighted by Gasteiger charge is -1.84. The smallest absolute Gasteiger partial charge is 0.131 e. The Morgan fingerprint density at radius 3 is 3.11 bits per heavy atom. The van der Waals surface area contributed by atoms with Gasteiger partial charge in [0.1, 0.15) is 5.00 Å². The number of anilines is 1. The summed E-state index contributed by atoms with van der Waals surface area (Å²) in [6.45, 7) is 1.89. The van der Waals surface area contributed by atoms with Gasteiger partial charge in [0.05, 0.1) is 5.69 Å². The lowest BCUT2D eigenvalue weighted by molar-refractivity contribution is 1.06. The van der Waals surface area contributed by atoms with Crippen LogP contribution >= 0.6 is 11.5 Å². The summed E-state index contributed by atoms with van der Waals surface area (Å²) in [6.07, 6.45) is 0. The van der Waals surface area contributed by atoms with Gasteiger partial charge in [-0.2, -0.15) is 9.90 Å². The molecule has 1 aromatic heterocycles.